The van der Waals surface area contributed by atoms with Crippen molar-refractivity contribution in [2.24, 2.45) is 0 Å². The van der Waals surface area contributed by atoms with Crippen molar-refractivity contribution < 1.29 is 14.3 Å². The molecule has 5 heteroatoms. The van der Waals surface area contributed by atoms with Crippen molar-refractivity contribution in [2.45, 2.75) is 13.3 Å². The van der Waals surface area contributed by atoms with E-state index in [2.05, 4.69) is 4.74 Å². The molecule has 0 aromatic heterocycles. The van der Waals surface area contributed by atoms with E-state index in [1.807, 2.05) is 6.92 Å². The van der Waals surface area contributed by atoms with Gasteiger partial charge in [0.25, 0.3) is 0 Å². The Kier molecular flexibility index (Phi) is 6.02. The number of rotatable bonds is 5. The summed E-state index contributed by atoms with van der Waals surface area (Å²) >= 11 is 11.7. The first-order chi connectivity index (χ1) is 8.56. The van der Waals surface area contributed by atoms with E-state index in [4.69, 9.17) is 27.9 Å². The Balaban J connectivity index is 2.64. The summed E-state index contributed by atoms with van der Waals surface area (Å²) in [4.78, 5) is 11.3. The van der Waals surface area contributed by atoms with Gasteiger partial charge in [0.2, 0.25) is 0 Å². The quantitative estimate of drug-likeness (QED) is 0.609. The zero-order valence-electron chi connectivity index (χ0n) is 10.2. The van der Waals surface area contributed by atoms with E-state index < -0.39 is 0 Å². The zero-order chi connectivity index (χ0) is 13.5. The van der Waals surface area contributed by atoms with Crippen LogP contribution in [0, 0.1) is 0 Å². The molecule has 98 valence electrons. The van der Waals surface area contributed by atoms with Gasteiger partial charge in [-0.15, -0.1) is 0 Å². The van der Waals surface area contributed by atoms with Crippen molar-refractivity contribution in [3.05, 3.63) is 39.9 Å². The van der Waals surface area contributed by atoms with Crippen LogP contribution >= 0.6 is 23.2 Å². The second-order valence-corrected chi connectivity index (χ2v) is 4.36. The third-order valence-electron chi connectivity index (χ3n) is 2.24. The van der Waals surface area contributed by atoms with Crippen LogP contribution < -0.4 is 4.74 Å². The molecule has 0 aliphatic heterocycles. The summed E-state index contributed by atoms with van der Waals surface area (Å²) in [5.74, 6) is 0.217. The molecule has 3 nitrogen and oxygen atoms in total. The van der Waals surface area contributed by atoms with Gasteiger partial charge in [0.05, 0.1) is 7.11 Å². The van der Waals surface area contributed by atoms with Crippen molar-refractivity contribution in [2.75, 3.05) is 13.7 Å². The van der Waals surface area contributed by atoms with Crippen molar-refractivity contribution in [1.82, 2.24) is 0 Å². The Morgan fingerprint density at radius 3 is 2.39 bits per heavy atom. The maximum Gasteiger partial charge on any atom is 0.333 e. The standard InChI is InChI=1S/C13H14Cl2O3/c1-3-9(13(16)17-2)4-5-18-12-7-10(14)6-11(15)8-12/h4,6-8H,3,5H2,1-2H3. The van der Waals surface area contributed by atoms with Gasteiger partial charge in [0.15, 0.2) is 0 Å². The van der Waals surface area contributed by atoms with Crippen molar-refractivity contribution in [1.29, 1.82) is 0 Å². The van der Waals surface area contributed by atoms with Crippen LogP contribution in [0.4, 0.5) is 0 Å². The summed E-state index contributed by atoms with van der Waals surface area (Å²) < 4.78 is 10.1. The molecule has 1 aromatic rings. The highest BCUT2D eigenvalue weighted by Crippen LogP contribution is 2.24. The molecule has 1 rings (SSSR count). The summed E-state index contributed by atoms with van der Waals surface area (Å²) in [5, 5.41) is 1.01. The Morgan fingerprint density at radius 1 is 1.28 bits per heavy atom. The van der Waals surface area contributed by atoms with Gasteiger partial charge in [-0.25, -0.2) is 4.79 Å². The van der Waals surface area contributed by atoms with Crippen LogP contribution in [0.2, 0.25) is 10.0 Å². The summed E-state index contributed by atoms with van der Waals surface area (Å²) in [6.07, 6.45) is 2.27. The monoisotopic (exact) mass is 288 g/mol. The first kappa shape index (κ1) is 14.9. The van der Waals surface area contributed by atoms with Gasteiger partial charge in [-0.05, 0) is 30.7 Å². The highest BCUT2D eigenvalue weighted by Gasteiger charge is 2.06. The molecular weight excluding hydrogens is 275 g/mol. The summed E-state index contributed by atoms with van der Waals surface area (Å²) in [6, 6.07) is 4.94. The molecule has 18 heavy (non-hydrogen) atoms. The predicted octanol–water partition coefficient (Wildman–Crippen LogP) is 3.88. The average molecular weight is 289 g/mol. The van der Waals surface area contributed by atoms with Gasteiger partial charge in [-0.3, -0.25) is 0 Å². The zero-order valence-corrected chi connectivity index (χ0v) is 11.7. The first-order valence-corrected chi connectivity index (χ1v) is 6.18. The molecule has 0 heterocycles. The Labute approximate surface area is 116 Å². The molecular formula is C13H14Cl2O3. The predicted molar refractivity (Wildman–Crippen MR) is 72.3 cm³/mol. The van der Waals surface area contributed by atoms with E-state index in [0.29, 0.717) is 27.8 Å². The van der Waals surface area contributed by atoms with Crippen LogP contribution in [0.5, 0.6) is 5.75 Å². The summed E-state index contributed by atoms with van der Waals surface area (Å²) in [5.41, 5.74) is 0.575. The van der Waals surface area contributed by atoms with Crippen LogP contribution in [0.25, 0.3) is 0 Å². The Hall–Kier alpha value is -1.19. The van der Waals surface area contributed by atoms with Gasteiger partial charge in [-0.2, -0.15) is 0 Å². The summed E-state index contributed by atoms with van der Waals surface area (Å²) in [7, 11) is 1.35. The van der Waals surface area contributed by atoms with Crippen LogP contribution in [0.3, 0.4) is 0 Å². The average Bonchev–Trinajstić information content (AvgIpc) is 2.32. The van der Waals surface area contributed by atoms with E-state index in [1.54, 1.807) is 24.3 Å². The molecule has 0 radical (unpaired) electrons. The lowest BCUT2D eigenvalue weighted by Crippen LogP contribution is -2.06. The number of methoxy groups -OCH3 is 1. The maximum atomic E-state index is 11.3. The number of carbonyl (C=O) groups excluding carboxylic acids is 1. The highest BCUT2D eigenvalue weighted by molar-refractivity contribution is 6.34. The largest absolute Gasteiger partial charge is 0.489 e. The number of hydrogen-bond acceptors (Lipinski definition) is 3. The second-order valence-electron chi connectivity index (χ2n) is 3.49. The van der Waals surface area contributed by atoms with Crippen molar-refractivity contribution in [3.8, 4) is 5.75 Å². The smallest absolute Gasteiger partial charge is 0.333 e. The van der Waals surface area contributed by atoms with E-state index >= 15 is 0 Å². The molecule has 1 aromatic carbocycles. The lowest BCUT2D eigenvalue weighted by molar-refractivity contribution is -0.136. The molecule has 0 aliphatic carbocycles. The fourth-order valence-electron chi connectivity index (χ4n) is 1.35. The fourth-order valence-corrected chi connectivity index (χ4v) is 1.86. The topological polar surface area (TPSA) is 35.5 Å². The molecule has 0 unspecified atom stereocenters. The minimum absolute atomic E-state index is 0.259. The Bertz CT molecular complexity index is 435. The number of halogens is 2. The number of benzene rings is 1. The molecule has 0 spiro atoms. The minimum Gasteiger partial charge on any atom is -0.489 e. The minimum atomic E-state index is -0.342. The van der Waals surface area contributed by atoms with Gasteiger partial charge in [-0.1, -0.05) is 30.1 Å². The number of hydrogen-bond donors (Lipinski definition) is 0. The van der Waals surface area contributed by atoms with E-state index in [9.17, 15) is 4.79 Å². The number of esters is 1. The molecule has 0 bridgehead atoms. The molecule has 0 aliphatic rings. The van der Waals surface area contributed by atoms with Gasteiger partial charge >= 0.3 is 5.97 Å². The van der Waals surface area contributed by atoms with Crippen LogP contribution in [0.1, 0.15) is 13.3 Å². The third-order valence-corrected chi connectivity index (χ3v) is 2.68. The molecule has 0 fully saturated rings. The number of ether oxygens (including phenoxy) is 2. The summed E-state index contributed by atoms with van der Waals surface area (Å²) in [6.45, 7) is 2.13. The first-order valence-electron chi connectivity index (χ1n) is 5.43. The van der Waals surface area contributed by atoms with Crippen LogP contribution in [0.15, 0.2) is 29.8 Å². The highest BCUT2D eigenvalue weighted by atomic mass is 35.5. The lowest BCUT2D eigenvalue weighted by atomic mass is 10.2. The van der Waals surface area contributed by atoms with Crippen LogP contribution in [-0.2, 0) is 9.53 Å². The lowest BCUT2D eigenvalue weighted by Gasteiger charge is -2.06. The van der Waals surface area contributed by atoms with Gasteiger partial charge < -0.3 is 9.47 Å². The van der Waals surface area contributed by atoms with Crippen LogP contribution in [-0.4, -0.2) is 19.7 Å². The van der Waals surface area contributed by atoms with Crippen molar-refractivity contribution >= 4 is 29.2 Å². The molecule has 0 amide bonds. The molecule has 0 saturated heterocycles. The Morgan fingerprint density at radius 2 is 1.89 bits per heavy atom. The SMILES string of the molecule is CCC(=CCOc1cc(Cl)cc(Cl)c1)C(=O)OC. The molecule has 0 saturated carbocycles. The van der Waals surface area contributed by atoms with Gasteiger partial charge in [0.1, 0.15) is 12.4 Å². The second kappa shape index (κ2) is 7.29. The van der Waals surface area contributed by atoms with E-state index in [-0.39, 0.29) is 12.6 Å². The molecule has 0 atom stereocenters. The maximum absolute atomic E-state index is 11.3. The molecule has 0 N–H and O–H groups in total. The van der Waals surface area contributed by atoms with Gasteiger partial charge in [0, 0.05) is 15.6 Å². The normalized spacial score (nSPS) is 11.2. The fraction of sp³-hybridized carbons (Fsp3) is 0.308. The van der Waals surface area contributed by atoms with E-state index in [1.165, 1.54) is 7.11 Å². The van der Waals surface area contributed by atoms with E-state index in [0.717, 1.165) is 0 Å². The van der Waals surface area contributed by atoms with Crippen molar-refractivity contribution in [3.63, 3.8) is 0 Å². The number of carbonyl (C=O) groups is 1. The third kappa shape index (κ3) is 4.59.